The molecule has 116 valence electrons. The molecule has 2 heterocycles. The first-order chi connectivity index (χ1) is 10.6. The molecule has 2 aliphatic rings. The van der Waals surface area contributed by atoms with Gasteiger partial charge in [0.2, 0.25) is 5.91 Å². The molecule has 1 unspecified atom stereocenters. The Morgan fingerprint density at radius 3 is 2.95 bits per heavy atom. The molecule has 1 aromatic rings. The average molecular weight is 302 g/mol. The van der Waals surface area contributed by atoms with E-state index in [0.717, 1.165) is 11.3 Å². The topological polar surface area (TPSA) is 70.1 Å². The first-order valence-electron chi connectivity index (χ1n) is 7.27. The van der Waals surface area contributed by atoms with Crippen molar-refractivity contribution < 1.29 is 19.4 Å². The van der Waals surface area contributed by atoms with Crippen LogP contribution in [0.25, 0.3) is 0 Å². The molecule has 0 saturated carbocycles. The molecule has 0 aromatic heterocycles. The van der Waals surface area contributed by atoms with Gasteiger partial charge >= 0.3 is 5.97 Å². The van der Waals surface area contributed by atoms with E-state index in [4.69, 9.17) is 9.84 Å². The minimum atomic E-state index is -0.994. The largest absolute Gasteiger partial charge is 0.492 e. The number of nitrogens with zero attached hydrogens (tertiary/aromatic N) is 2. The highest BCUT2D eigenvalue weighted by atomic mass is 16.5. The van der Waals surface area contributed by atoms with Crippen LogP contribution in [0.15, 0.2) is 36.4 Å². The molecule has 2 aliphatic heterocycles. The fraction of sp³-hybridized carbons (Fsp3) is 0.375. The lowest BCUT2D eigenvalue weighted by atomic mass is 10.2. The third kappa shape index (κ3) is 2.96. The van der Waals surface area contributed by atoms with E-state index in [0.29, 0.717) is 26.2 Å². The summed E-state index contributed by atoms with van der Waals surface area (Å²) in [6, 6.07) is 6.93. The molecule has 0 saturated heterocycles. The molecule has 0 spiro atoms. The normalized spacial score (nSPS) is 21.1. The number of amides is 1. The molecular weight excluding hydrogens is 284 g/mol. The zero-order valence-electron chi connectivity index (χ0n) is 12.1. The minimum absolute atomic E-state index is 0.170. The molecule has 0 radical (unpaired) electrons. The third-order valence-corrected chi connectivity index (χ3v) is 3.92. The summed E-state index contributed by atoms with van der Waals surface area (Å²) in [6.07, 6.45) is 3.28. The van der Waals surface area contributed by atoms with Crippen LogP contribution in [0.2, 0.25) is 0 Å². The fourth-order valence-corrected chi connectivity index (χ4v) is 2.79. The van der Waals surface area contributed by atoms with E-state index in [9.17, 15) is 9.59 Å². The summed E-state index contributed by atoms with van der Waals surface area (Å²) in [5.41, 5.74) is 1.04. The van der Waals surface area contributed by atoms with Crippen molar-refractivity contribution in [1.82, 2.24) is 9.80 Å². The second-order valence-electron chi connectivity index (χ2n) is 5.42. The van der Waals surface area contributed by atoms with Gasteiger partial charge in [-0.25, -0.2) is 4.79 Å². The van der Waals surface area contributed by atoms with Crippen molar-refractivity contribution in [3.63, 3.8) is 0 Å². The molecule has 0 aliphatic carbocycles. The van der Waals surface area contributed by atoms with Crippen LogP contribution in [0.3, 0.4) is 0 Å². The van der Waals surface area contributed by atoms with Crippen molar-refractivity contribution in [1.29, 1.82) is 0 Å². The molecule has 3 rings (SSSR count). The molecule has 1 amide bonds. The lowest BCUT2D eigenvalue weighted by Crippen LogP contribution is -2.46. The van der Waals surface area contributed by atoms with Gasteiger partial charge in [-0.3, -0.25) is 9.69 Å². The number of hydrogen-bond acceptors (Lipinski definition) is 4. The third-order valence-electron chi connectivity index (χ3n) is 3.92. The number of rotatable bonds is 3. The van der Waals surface area contributed by atoms with Gasteiger partial charge < -0.3 is 14.7 Å². The zero-order chi connectivity index (χ0) is 15.5. The quantitative estimate of drug-likeness (QED) is 0.834. The van der Waals surface area contributed by atoms with Crippen LogP contribution in [0.4, 0.5) is 0 Å². The number of carboxylic acid groups (broad SMARTS) is 1. The minimum Gasteiger partial charge on any atom is -0.492 e. The first kappa shape index (κ1) is 14.6. The van der Waals surface area contributed by atoms with Gasteiger partial charge in [0.05, 0.1) is 6.54 Å². The van der Waals surface area contributed by atoms with E-state index in [1.807, 2.05) is 29.2 Å². The smallest absolute Gasteiger partial charge is 0.330 e. The second-order valence-corrected chi connectivity index (χ2v) is 5.42. The molecule has 6 heteroatoms. The zero-order valence-corrected chi connectivity index (χ0v) is 12.1. The number of benzene rings is 1. The van der Waals surface area contributed by atoms with Gasteiger partial charge in [-0.2, -0.15) is 0 Å². The van der Waals surface area contributed by atoms with Crippen LogP contribution < -0.4 is 4.74 Å². The summed E-state index contributed by atoms with van der Waals surface area (Å²) in [6.45, 7) is 2.34. The van der Waals surface area contributed by atoms with Crippen molar-refractivity contribution in [2.24, 2.45) is 0 Å². The number of carbonyl (C=O) groups is 2. The maximum Gasteiger partial charge on any atom is 0.330 e. The highest BCUT2D eigenvalue weighted by Gasteiger charge is 2.31. The Kier molecular flexibility index (Phi) is 4.11. The van der Waals surface area contributed by atoms with E-state index < -0.39 is 12.0 Å². The van der Waals surface area contributed by atoms with Crippen molar-refractivity contribution >= 4 is 11.9 Å². The molecule has 22 heavy (non-hydrogen) atoms. The Bertz CT molecular complexity index is 614. The number of carbonyl (C=O) groups excluding carboxylic acids is 1. The monoisotopic (exact) mass is 302 g/mol. The van der Waals surface area contributed by atoms with Crippen LogP contribution >= 0.6 is 0 Å². The van der Waals surface area contributed by atoms with Gasteiger partial charge in [0.1, 0.15) is 18.4 Å². The maximum absolute atomic E-state index is 12.4. The van der Waals surface area contributed by atoms with E-state index in [-0.39, 0.29) is 12.5 Å². The van der Waals surface area contributed by atoms with Crippen LogP contribution in [-0.4, -0.2) is 59.1 Å². The van der Waals surface area contributed by atoms with E-state index in [1.165, 1.54) is 4.90 Å². The van der Waals surface area contributed by atoms with E-state index in [1.54, 1.807) is 12.2 Å². The number of ether oxygens (including phenoxy) is 1. The molecule has 6 nitrogen and oxygen atoms in total. The SMILES string of the molecule is O=C(O)C1C=CCN1C(=O)CN1CCOc2ccccc2C1. The van der Waals surface area contributed by atoms with Gasteiger partial charge in [-0.1, -0.05) is 30.4 Å². The summed E-state index contributed by atoms with van der Waals surface area (Å²) in [4.78, 5) is 26.9. The Morgan fingerprint density at radius 2 is 2.14 bits per heavy atom. The molecule has 1 N–H and O–H groups in total. The van der Waals surface area contributed by atoms with Gasteiger partial charge in [0.15, 0.2) is 0 Å². The number of aliphatic carboxylic acids is 1. The summed E-state index contributed by atoms with van der Waals surface area (Å²) < 4.78 is 5.67. The van der Waals surface area contributed by atoms with Crippen molar-refractivity contribution in [3.05, 3.63) is 42.0 Å². The van der Waals surface area contributed by atoms with Gasteiger partial charge in [-0.05, 0) is 6.07 Å². The Balaban J connectivity index is 1.66. The summed E-state index contributed by atoms with van der Waals surface area (Å²) in [5, 5.41) is 9.13. The molecule has 1 aromatic carbocycles. The summed E-state index contributed by atoms with van der Waals surface area (Å²) >= 11 is 0. The van der Waals surface area contributed by atoms with Gasteiger partial charge in [0, 0.05) is 25.2 Å². The van der Waals surface area contributed by atoms with Crippen molar-refractivity contribution in [2.75, 3.05) is 26.2 Å². The summed E-state index contributed by atoms with van der Waals surface area (Å²) in [7, 11) is 0. The number of carboxylic acids is 1. The number of hydrogen-bond donors (Lipinski definition) is 1. The molecule has 0 bridgehead atoms. The standard InChI is InChI=1S/C16H18N2O4/c19-15(18-7-3-5-13(18)16(20)21)11-17-8-9-22-14-6-2-1-4-12(14)10-17/h1-6,13H,7-11H2,(H,20,21). The van der Waals surface area contributed by atoms with E-state index >= 15 is 0 Å². The predicted octanol–water partition coefficient (Wildman–Crippen LogP) is 0.733. The Hall–Kier alpha value is -2.34. The second kappa shape index (κ2) is 6.19. The lowest BCUT2D eigenvalue weighted by molar-refractivity contribution is -0.147. The van der Waals surface area contributed by atoms with Crippen molar-refractivity contribution in [2.45, 2.75) is 12.6 Å². The van der Waals surface area contributed by atoms with Crippen molar-refractivity contribution in [3.8, 4) is 5.75 Å². The highest BCUT2D eigenvalue weighted by Crippen LogP contribution is 2.22. The maximum atomic E-state index is 12.4. The fourth-order valence-electron chi connectivity index (χ4n) is 2.79. The van der Waals surface area contributed by atoms with Crippen LogP contribution in [-0.2, 0) is 16.1 Å². The Morgan fingerprint density at radius 1 is 1.32 bits per heavy atom. The van der Waals surface area contributed by atoms with E-state index in [2.05, 4.69) is 0 Å². The van der Waals surface area contributed by atoms with Gasteiger partial charge in [-0.15, -0.1) is 0 Å². The lowest BCUT2D eigenvalue weighted by Gasteiger charge is -2.25. The predicted molar refractivity (Wildman–Crippen MR) is 79.5 cm³/mol. The average Bonchev–Trinajstić information content (AvgIpc) is 2.90. The van der Waals surface area contributed by atoms with Gasteiger partial charge in [0.25, 0.3) is 0 Å². The molecular formula is C16H18N2O4. The summed E-state index contributed by atoms with van der Waals surface area (Å²) in [5.74, 6) is -0.313. The first-order valence-corrected chi connectivity index (χ1v) is 7.27. The number of fused-ring (bicyclic) bond motifs is 1. The molecule has 1 atom stereocenters. The number of para-hydroxylation sites is 1. The highest BCUT2D eigenvalue weighted by molar-refractivity contribution is 5.87. The molecule has 0 fully saturated rings. The van der Waals surface area contributed by atoms with Crippen LogP contribution in [0.1, 0.15) is 5.56 Å². The Labute approximate surface area is 128 Å². The van der Waals surface area contributed by atoms with Crippen LogP contribution in [0.5, 0.6) is 5.75 Å². The van der Waals surface area contributed by atoms with Crippen LogP contribution in [0, 0.1) is 0 Å².